The zero-order valence-electron chi connectivity index (χ0n) is 8.15. The second kappa shape index (κ2) is 3.68. The number of hydrogen-bond donors (Lipinski definition) is 0. The monoisotopic (exact) mass is 238 g/mol. The van der Waals surface area contributed by atoms with Crippen LogP contribution in [0.2, 0.25) is 0 Å². The maximum absolute atomic E-state index is 12.9. The molecule has 0 fully saturated rings. The van der Waals surface area contributed by atoms with Crippen LogP contribution in [-0.2, 0) is 0 Å². The van der Waals surface area contributed by atoms with Gasteiger partial charge < -0.3 is 0 Å². The fourth-order valence-electron chi connectivity index (χ4n) is 0.592. The Labute approximate surface area is 81.8 Å². The summed E-state index contributed by atoms with van der Waals surface area (Å²) < 4.78 is 85.0. The second-order valence-corrected chi connectivity index (χ2v) is 3.95. The molecule has 0 aromatic carbocycles. The van der Waals surface area contributed by atoms with Crippen LogP contribution in [0.5, 0.6) is 0 Å². The summed E-state index contributed by atoms with van der Waals surface area (Å²) in [6.45, 7) is 2.94. The number of hydrogen-bond acceptors (Lipinski definition) is 0. The molecule has 0 aromatic heterocycles. The van der Waals surface area contributed by atoms with E-state index in [2.05, 4.69) is 0 Å². The van der Waals surface area contributed by atoms with Gasteiger partial charge in [-0.25, -0.2) is 8.78 Å². The van der Waals surface area contributed by atoms with E-state index in [1.807, 2.05) is 0 Å². The number of halogens is 7. The average Bonchev–Trinajstić information content (AvgIpc) is 1.97. The first kappa shape index (κ1) is 14.2. The Hall–Kier alpha value is -0.750. The fraction of sp³-hybridized carbons (Fsp3) is 0.750. The van der Waals surface area contributed by atoms with Gasteiger partial charge in [-0.05, 0) is 0 Å². The largest absolute Gasteiger partial charge is 0.460 e. The minimum atomic E-state index is -6.14. The van der Waals surface area contributed by atoms with E-state index >= 15 is 0 Å². The zero-order chi connectivity index (χ0) is 12.7. The van der Waals surface area contributed by atoms with Gasteiger partial charge >= 0.3 is 12.1 Å². The SMILES string of the molecule is CC(C)(C)C(F)=C(F)C(F)(F)C(F)(F)F. The van der Waals surface area contributed by atoms with Crippen molar-refractivity contribution >= 4 is 0 Å². The molecule has 0 bridgehead atoms. The third kappa shape index (κ3) is 2.85. The Kier molecular flexibility index (Phi) is 3.49. The van der Waals surface area contributed by atoms with Crippen LogP contribution in [0, 0.1) is 5.41 Å². The van der Waals surface area contributed by atoms with Crippen LogP contribution in [0.1, 0.15) is 20.8 Å². The second-order valence-electron chi connectivity index (χ2n) is 3.95. The van der Waals surface area contributed by atoms with Gasteiger partial charge in [-0.3, -0.25) is 0 Å². The first-order valence-corrected chi connectivity index (χ1v) is 3.82. The highest BCUT2D eigenvalue weighted by atomic mass is 19.4. The molecule has 0 aliphatic carbocycles. The fourth-order valence-corrected chi connectivity index (χ4v) is 0.592. The van der Waals surface area contributed by atoms with E-state index in [-0.39, 0.29) is 0 Å². The van der Waals surface area contributed by atoms with E-state index in [0.717, 1.165) is 20.8 Å². The van der Waals surface area contributed by atoms with Gasteiger partial charge in [0.25, 0.3) is 0 Å². The summed E-state index contributed by atoms with van der Waals surface area (Å²) in [5, 5.41) is 0. The Bertz CT molecular complexity index is 266. The lowest BCUT2D eigenvalue weighted by atomic mass is 9.93. The smallest absolute Gasteiger partial charge is 0.208 e. The highest BCUT2D eigenvalue weighted by Crippen LogP contribution is 2.45. The predicted octanol–water partition coefficient (Wildman–Crippen LogP) is 4.38. The van der Waals surface area contributed by atoms with Crippen molar-refractivity contribution in [1.29, 1.82) is 0 Å². The van der Waals surface area contributed by atoms with Crippen LogP contribution in [0.15, 0.2) is 11.7 Å². The van der Waals surface area contributed by atoms with Gasteiger partial charge in [0.1, 0.15) is 5.83 Å². The van der Waals surface area contributed by atoms with Gasteiger partial charge in [-0.2, -0.15) is 22.0 Å². The first-order chi connectivity index (χ1) is 6.32. The number of rotatable bonds is 1. The molecule has 0 aliphatic heterocycles. The van der Waals surface area contributed by atoms with Gasteiger partial charge in [0.2, 0.25) is 5.83 Å². The Morgan fingerprint density at radius 2 is 1.07 bits per heavy atom. The molecule has 7 heteroatoms. The molecule has 0 unspecified atom stereocenters. The van der Waals surface area contributed by atoms with Gasteiger partial charge in [0, 0.05) is 5.41 Å². The van der Waals surface area contributed by atoms with Crippen molar-refractivity contribution in [2.75, 3.05) is 0 Å². The van der Waals surface area contributed by atoms with Gasteiger partial charge in [-0.1, -0.05) is 20.8 Å². The molecule has 0 amide bonds. The van der Waals surface area contributed by atoms with Crippen molar-refractivity contribution in [1.82, 2.24) is 0 Å². The molecule has 0 saturated heterocycles. The van der Waals surface area contributed by atoms with Crippen molar-refractivity contribution in [3.8, 4) is 0 Å². The number of allylic oxidation sites excluding steroid dienone is 2. The summed E-state index contributed by atoms with van der Waals surface area (Å²) in [5.41, 5.74) is -1.74. The van der Waals surface area contributed by atoms with E-state index in [1.54, 1.807) is 0 Å². The first-order valence-electron chi connectivity index (χ1n) is 3.82. The van der Waals surface area contributed by atoms with E-state index in [9.17, 15) is 30.7 Å². The molecule has 0 aliphatic rings. The lowest BCUT2D eigenvalue weighted by Crippen LogP contribution is -2.38. The molecular weight excluding hydrogens is 229 g/mol. The number of alkyl halides is 5. The van der Waals surface area contributed by atoms with Gasteiger partial charge in [0.15, 0.2) is 0 Å². The molecule has 0 atom stereocenters. The van der Waals surface area contributed by atoms with Crippen LogP contribution in [-0.4, -0.2) is 12.1 Å². The molecule has 0 nitrogen and oxygen atoms in total. The molecule has 0 N–H and O–H groups in total. The quantitative estimate of drug-likeness (QED) is 0.594. The molecule has 90 valence electrons. The molecule has 0 radical (unpaired) electrons. The predicted molar refractivity (Wildman–Crippen MR) is 39.7 cm³/mol. The molecule has 0 rings (SSSR count). The Morgan fingerprint density at radius 3 is 1.27 bits per heavy atom. The van der Waals surface area contributed by atoms with Crippen LogP contribution >= 0.6 is 0 Å². The standard InChI is InChI=1S/C8H9F7/c1-6(2,3)4(9)5(10)7(11,12)8(13,14)15/h1-3H3. The molecular formula is C8H9F7. The molecule has 0 heterocycles. The topological polar surface area (TPSA) is 0 Å². The van der Waals surface area contributed by atoms with Crippen LogP contribution in [0.25, 0.3) is 0 Å². The van der Waals surface area contributed by atoms with Crippen LogP contribution < -0.4 is 0 Å². The van der Waals surface area contributed by atoms with Gasteiger partial charge in [-0.15, -0.1) is 0 Å². The van der Waals surface area contributed by atoms with E-state index < -0.39 is 29.2 Å². The Morgan fingerprint density at radius 1 is 0.733 bits per heavy atom. The van der Waals surface area contributed by atoms with E-state index in [1.165, 1.54) is 0 Å². The van der Waals surface area contributed by atoms with Crippen LogP contribution in [0.4, 0.5) is 30.7 Å². The maximum atomic E-state index is 12.9. The van der Waals surface area contributed by atoms with Crippen LogP contribution in [0.3, 0.4) is 0 Å². The van der Waals surface area contributed by atoms with Crippen molar-refractivity contribution < 1.29 is 30.7 Å². The highest BCUT2D eigenvalue weighted by molar-refractivity contribution is 5.16. The molecule has 0 aromatic rings. The molecule has 15 heavy (non-hydrogen) atoms. The summed E-state index contributed by atoms with van der Waals surface area (Å²) in [5.74, 6) is -11.0. The van der Waals surface area contributed by atoms with Crippen molar-refractivity contribution in [2.24, 2.45) is 5.41 Å². The Balaban J connectivity index is 5.44. The van der Waals surface area contributed by atoms with Crippen molar-refractivity contribution in [3.63, 3.8) is 0 Å². The van der Waals surface area contributed by atoms with Crippen molar-refractivity contribution in [2.45, 2.75) is 32.9 Å². The van der Waals surface area contributed by atoms with Crippen molar-refractivity contribution in [3.05, 3.63) is 11.7 Å². The third-order valence-corrected chi connectivity index (χ3v) is 1.48. The maximum Gasteiger partial charge on any atom is 0.460 e. The lowest BCUT2D eigenvalue weighted by Gasteiger charge is -2.22. The summed E-state index contributed by atoms with van der Waals surface area (Å²) in [6.07, 6.45) is -6.14. The average molecular weight is 238 g/mol. The van der Waals surface area contributed by atoms with Gasteiger partial charge in [0.05, 0.1) is 0 Å². The summed E-state index contributed by atoms with van der Waals surface area (Å²) in [6, 6.07) is 0. The minimum absolute atomic E-state index is 0.981. The van der Waals surface area contributed by atoms with E-state index in [0.29, 0.717) is 0 Å². The zero-order valence-corrected chi connectivity index (χ0v) is 8.15. The summed E-state index contributed by atoms with van der Waals surface area (Å²) in [7, 11) is 0. The summed E-state index contributed by atoms with van der Waals surface area (Å²) in [4.78, 5) is 0. The summed E-state index contributed by atoms with van der Waals surface area (Å²) >= 11 is 0. The highest BCUT2D eigenvalue weighted by Gasteiger charge is 2.62. The molecule has 0 saturated carbocycles. The minimum Gasteiger partial charge on any atom is -0.208 e. The van der Waals surface area contributed by atoms with E-state index in [4.69, 9.17) is 0 Å². The third-order valence-electron chi connectivity index (χ3n) is 1.48. The molecule has 0 spiro atoms. The lowest BCUT2D eigenvalue weighted by molar-refractivity contribution is -0.271. The normalized spacial score (nSPS) is 16.4.